The Morgan fingerprint density at radius 1 is 1.00 bits per heavy atom. The number of allylic oxidation sites excluding steroid dienone is 1. The van der Waals surface area contributed by atoms with Crippen molar-refractivity contribution >= 4 is 35.6 Å². The molecule has 4 rings (SSSR count). The average Bonchev–Trinajstić information content (AvgIpc) is 3.50. The van der Waals surface area contributed by atoms with Gasteiger partial charge in [-0.3, -0.25) is 9.59 Å². The molecule has 1 heterocycles. The van der Waals surface area contributed by atoms with E-state index in [1.54, 1.807) is 62.6 Å². The Balaban J connectivity index is 1.19. The van der Waals surface area contributed by atoms with Crippen molar-refractivity contribution in [1.82, 2.24) is 9.80 Å². The highest BCUT2D eigenvalue weighted by Gasteiger charge is 2.34. The van der Waals surface area contributed by atoms with Gasteiger partial charge in [-0.2, -0.15) is 5.53 Å². The van der Waals surface area contributed by atoms with Crippen LogP contribution in [0.4, 0.5) is 11.4 Å². The van der Waals surface area contributed by atoms with Crippen LogP contribution in [0.1, 0.15) is 106 Å². The number of nitrogens with one attached hydrogen (secondary N) is 1. The summed E-state index contributed by atoms with van der Waals surface area (Å²) in [5.41, 5.74) is 19.1. The van der Waals surface area contributed by atoms with Crippen LogP contribution in [-0.2, 0) is 21.5 Å². The van der Waals surface area contributed by atoms with Gasteiger partial charge in [-0.25, -0.2) is 5.01 Å². The van der Waals surface area contributed by atoms with E-state index in [1.165, 1.54) is 9.91 Å². The van der Waals surface area contributed by atoms with Gasteiger partial charge in [0, 0.05) is 55.1 Å². The molecule has 3 aromatic carbocycles. The van der Waals surface area contributed by atoms with Gasteiger partial charge in [0.25, 0.3) is 5.91 Å². The Morgan fingerprint density at radius 3 is 2.38 bits per heavy atom. The van der Waals surface area contributed by atoms with Crippen LogP contribution in [0.15, 0.2) is 65.5 Å². The molecule has 0 spiro atoms. The van der Waals surface area contributed by atoms with E-state index in [-0.39, 0.29) is 36.6 Å². The lowest BCUT2D eigenvalue weighted by Crippen LogP contribution is -2.38. The van der Waals surface area contributed by atoms with Crippen molar-refractivity contribution in [2.75, 3.05) is 45.2 Å². The molecule has 12 heteroatoms. The summed E-state index contributed by atoms with van der Waals surface area (Å²) in [7, 11) is 4.97. The van der Waals surface area contributed by atoms with Gasteiger partial charge in [-0.05, 0) is 85.2 Å². The second-order valence-corrected chi connectivity index (χ2v) is 15.1. The van der Waals surface area contributed by atoms with Crippen LogP contribution in [0.25, 0.3) is 6.08 Å². The van der Waals surface area contributed by atoms with Crippen LogP contribution >= 0.6 is 0 Å². The molecule has 0 aromatic heterocycles. The first-order valence-corrected chi connectivity index (χ1v) is 19.0. The van der Waals surface area contributed by atoms with E-state index in [0.717, 1.165) is 72.9 Å². The summed E-state index contributed by atoms with van der Waals surface area (Å²) in [4.78, 5) is 40.8. The van der Waals surface area contributed by atoms with E-state index in [1.807, 2.05) is 19.1 Å². The standard InChI is InChI=1S/C43H58N6O6/c1-30(49(46-45)39-27-34(53-6)18-19-40(39)54-7)23-31-24-32(43(2,3)4)26-35(25-31)55-22-13-11-9-8-10-12-21-47(5)41(51)20-17-33(29-50)48-28-37-36(42(48)52)15-14-16-38(37)44/h14-16,18-19,23-27,29,33,45H,8-13,17,20-22,28,44H2,1-7H3/b30-23+,46-45?. The number of unbranched alkanes of at least 4 members (excludes halogenated alkanes) is 5. The van der Waals surface area contributed by atoms with Crippen LogP contribution in [0.2, 0.25) is 0 Å². The highest BCUT2D eigenvalue weighted by Crippen LogP contribution is 2.36. The monoisotopic (exact) mass is 754 g/mol. The molecule has 1 aliphatic rings. The average molecular weight is 755 g/mol. The molecule has 1 atom stereocenters. The van der Waals surface area contributed by atoms with E-state index in [2.05, 4.69) is 38.1 Å². The number of rotatable bonds is 21. The van der Waals surface area contributed by atoms with Crippen molar-refractivity contribution in [3.63, 3.8) is 0 Å². The summed E-state index contributed by atoms with van der Waals surface area (Å²) in [6, 6.07) is 16.2. The minimum Gasteiger partial charge on any atom is -0.497 e. The van der Waals surface area contributed by atoms with Gasteiger partial charge < -0.3 is 34.5 Å². The number of hydrogen-bond donors (Lipinski definition) is 2. The van der Waals surface area contributed by atoms with Gasteiger partial charge in [0.05, 0.1) is 26.9 Å². The summed E-state index contributed by atoms with van der Waals surface area (Å²) >= 11 is 0. The normalized spacial score (nSPS) is 13.3. The number of nitrogen functional groups attached to an aromatic ring is 1. The zero-order chi connectivity index (χ0) is 40.1. The SMILES string of the molecule is COc1ccc(OC)c(N(N=N)/C(C)=C/c2cc(OCCCCCCCCN(C)C(=O)CCC(C=O)N3Cc4c(N)cccc4C3=O)cc(C(C)(C)C)c2)c1. The van der Waals surface area contributed by atoms with Crippen molar-refractivity contribution in [1.29, 1.82) is 5.53 Å². The molecule has 0 saturated carbocycles. The highest BCUT2D eigenvalue weighted by molar-refractivity contribution is 6.01. The quantitative estimate of drug-likeness (QED) is 0.0361. The molecule has 12 nitrogen and oxygen atoms in total. The number of aldehydes is 1. The number of carbonyl (C=O) groups is 3. The van der Waals surface area contributed by atoms with Crippen LogP contribution < -0.4 is 25.0 Å². The van der Waals surface area contributed by atoms with Crippen molar-refractivity contribution in [2.45, 2.75) is 97.1 Å². The predicted octanol–water partition coefficient (Wildman–Crippen LogP) is 8.58. The van der Waals surface area contributed by atoms with Crippen LogP contribution in [-0.4, -0.2) is 68.4 Å². The molecule has 1 aliphatic heterocycles. The van der Waals surface area contributed by atoms with Crippen LogP contribution in [0.5, 0.6) is 17.2 Å². The third-order valence-electron chi connectivity index (χ3n) is 10.0. The number of anilines is 2. The smallest absolute Gasteiger partial charge is 0.255 e. The molecule has 0 saturated heterocycles. The lowest BCUT2D eigenvalue weighted by Gasteiger charge is -2.24. The Bertz CT molecular complexity index is 1840. The molecular weight excluding hydrogens is 697 g/mol. The van der Waals surface area contributed by atoms with Gasteiger partial charge in [-0.1, -0.05) is 63.8 Å². The molecule has 296 valence electrons. The van der Waals surface area contributed by atoms with Crippen molar-refractivity contribution < 1.29 is 28.6 Å². The summed E-state index contributed by atoms with van der Waals surface area (Å²) < 4.78 is 17.2. The Hall–Kier alpha value is -5.39. The number of carbonyl (C=O) groups excluding carboxylic acids is 3. The summed E-state index contributed by atoms with van der Waals surface area (Å²) in [5.74, 6) is 1.77. The second kappa shape index (κ2) is 19.8. The molecule has 3 N–H and O–H groups in total. The predicted molar refractivity (Wildman–Crippen MR) is 217 cm³/mol. The van der Waals surface area contributed by atoms with E-state index >= 15 is 0 Å². The molecule has 2 amide bonds. The topological polar surface area (TPSA) is 151 Å². The lowest BCUT2D eigenvalue weighted by atomic mass is 9.86. The maximum Gasteiger partial charge on any atom is 0.255 e. The van der Waals surface area contributed by atoms with E-state index in [0.29, 0.717) is 41.6 Å². The zero-order valence-corrected chi connectivity index (χ0v) is 33.5. The molecule has 0 radical (unpaired) electrons. The number of nitrogens with two attached hydrogens (primary N) is 1. The van der Waals surface area contributed by atoms with Crippen LogP contribution in [0, 0.1) is 5.53 Å². The molecule has 3 aromatic rings. The fourth-order valence-corrected chi connectivity index (χ4v) is 6.69. The molecule has 0 fully saturated rings. The Morgan fingerprint density at radius 2 is 1.73 bits per heavy atom. The minimum absolute atomic E-state index is 0.0298. The largest absolute Gasteiger partial charge is 0.497 e. The number of methoxy groups -OCH3 is 2. The fourth-order valence-electron chi connectivity index (χ4n) is 6.69. The van der Waals surface area contributed by atoms with Crippen molar-refractivity contribution in [3.8, 4) is 17.2 Å². The van der Waals surface area contributed by atoms with Gasteiger partial charge in [0.15, 0.2) is 0 Å². The molecular formula is C43H58N6O6. The Labute approximate surface area is 326 Å². The molecule has 0 aliphatic carbocycles. The maximum atomic E-state index is 12.9. The Kier molecular flexibility index (Phi) is 15.2. The van der Waals surface area contributed by atoms with Gasteiger partial charge in [-0.15, -0.1) is 0 Å². The van der Waals surface area contributed by atoms with Crippen molar-refractivity contribution in [2.24, 2.45) is 5.22 Å². The van der Waals surface area contributed by atoms with Crippen LogP contribution in [0.3, 0.4) is 0 Å². The number of nitrogens with zero attached hydrogens (tertiary/aromatic N) is 4. The first-order chi connectivity index (χ1) is 26.3. The van der Waals surface area contributed by atoms with E-state index in [9.17, 15) is 14.4 Å². The molecule has 55 heavy (non-hydrogen) atoms. The second-order valence-electron chi connectivity index (χ2n) is 15.1. The molecule has 1 unspecified atom stereocenters. The zero-order valence-electron chi connectivity index (χ0n) is 33.5. The number of benzene rings is 3. The first kappa shape index (κ1) is 42.4. The minimum atomic E-state index is -0.664. The third kappa shape index (κ3) is 11.3. The van der Waals surface area contributed by atoms with E-state index < -0.39 is 6.04 Å². The van der Waals surface area contributed by atoms with Gasteiger partial charge >= 0.3 is 0 Å². The van der Waals surface area contributed by atoms with Gasteiger partial charge in [0.1, 0.15) is 29.2 Å². The fraction of sp³-hybridized carbons (Fsp3) is 0.465. The lowest BCUT2D eigenvalue weighted by molar-refractivity contribution is -0.130. The number of fused-ring (bicyclic) bond motifs is 1. The highest BCUT2D eigenvalue weighted by atomic mass is 16.5. The first-order valence-electron chi connectivity index (χ1n) is 19.0. The summed E-state index contributed by atoms with van der Waals surface area (Å²) in [5, 5.41) is 5.31. The summed E-state index contributed by atoms with van der Waals surface area (Å²) in [6.07, 6.45) is 9.26. The third-order valence-corrected chi connectivity index (χ3v) is 10.0. The number of amides is 2. The van der Waals surface area contributed by atoms with Gasteiger partial charge in [0.2, 0.25) is 5.91 Å². The van der Waals surface area contributed by atoms with Crippen molar-refractivity contribution in [3.05, 3.63) is 82.5 Å². The molecule has 0 bridgehead atoms. The van der Waals surface area contributed by atoms with E-state index in [4.69, 9.17) is 25.5 Å². The maximum absolute atomic E-state index is 12.9. The number of ether oxygens (including phenoxy) is 3. The summed E-state index contributed by atoms with van der Waals surface area (Å²) in [6.45, 7) is 9.96. The number of hydrogen-bond acceptors (Lipinski definition) is 9.